The molecule has 0 unspecified atom stereocenters. The summed E-state index contributed by atoms with van der Waals surface area (Å²) in [5.74, 6) is 6.81. The smallest absolute Gasteiger partial charge is 0.0280 e. The Balaban J connectivity index is 2.10. The molecule has 0 heteroatoms. The Hall–Kier alpha value is -2.52. The molecule has 3 aromatic carbocycles. The molecule has 0 aromatic heterocycles. The lowest BCUT2D eigenvalue weighted by Gasteiger charge is -2.24. The maximum atomic E-state index is 3.42. The van der Waals surface area contributed by atoms with E-state index in [9.17, 15) is 0 Å². The van der Waals surface area contributed by atoms with Gasteiger partial charge in [0.15, 0.2) is 0 Å². The molecule has 0 aliphatic rings. The van der Waals surface area contributed by atoms with Gasteiger partial charge >= 0.3 is 0 Å². The van der Waals surface area contributed by atoms with E-state index in [1.54, 1.807) is 0 Å². The minimum Gasteiger partial charge on any atom is -0.0919 e. The Bertz CT molecular complexity index is 1010. The van der Waals surface area contributed by atoms with Crippen LogP contribution in [0.3, 0.4) is 0 Å². The van der Waals surface area contributed by atoms with Crippen molar-refractivity contribution in [2.24, 2.45) is 5.41 Å². The Morgan fingerprint density at radius 1 is 0.704 bits per heavy atom. The van der Waals surface area contributed by atoms with E-state index in [0.717, 1.165) is 12.0 Å². The van der Waals surface area contributed by atoms with Gasteiger partial charge in [-0.3, -0.25) is 0 Å². The summed E-state index contributed by atoms with van der Waals surface area (Å²) >= 11 is 0. The van der Waals surface area contributed by atoms with Crippen LogP contribution in [0.5, 0.6) is 0 Å². The summed E-state index contributed by atoms with van der Waals surface area (Å²) < 4.78 is 0. The fourth-order valence-electron chi connectivity index (χ4n) is 3.39. The first-order valence-electron chi connectivity index (χ1n) is 9.77. The first kappa shape index (κ1) is 19.2. The number of rotatable bonds is 2. The summed E-state index contributed by atoms with van der Waals surface area (Å²) in [7, 11) is 0. The van der Waals surface area contributed by atoms with Crippen LogP contribution in [0.2, 0.25) is 0 Å². The van der Waals surface area contributed by atoms with Crippen LogP contribution in [-0.4, -0.2) is 0 Å². The van der Waals surface area contributed by atoms with E-state index in [0.29, 0.717) is 0 Å². The van der Waals surface area contributed by atoms with Crippen LogP contribution in [0.15, 0.2) is 60.7 Å². The summed E-state index contributed by atoms with van der Waals surface area (Å²) in [4.78, 5) is 0. The monoisotopic (exact) mass is 354 g/mol. The van der Waals surface area contributed by atoms with Gasteiger partial charge in [-0.25, -0.2) is 0 Å². The molecule has 0 spiro atoms. The Labute approximate surface area is 164 Å². The Kier molecular flexibility index (Phi) is 5.16. The van der Waals surface area contributed by atoms with Crippen molar-refractivity contribution in [1.82, 2.24) is 0 Å². The van der Waals surface area contributed by atoms with Crippen molar-refractivity contribution in [2.75, 3.05) is 0 Å². The highest BCUT2D eigenvalue weighted by Crippen LogP contribution is 2.32. The topological polar surface area (TPSA) is 0 Å². The average molecular weight is 355 g/mol. The highest BCUT2D eigenvalue weighted by molar-refractivity contribution is 5.84. The molecule has 0 amide bonds. The van der Waals surface area contributed by atoms with Gasteiger partial charge in [0.2, 0.25) is 0 Å². The first-order chi connectivity index (χ1) is 12.6. The highest BCUT2D eigenvalue weighted by atomic mass is 14.2. The van der Waals surface area contributed by atoms with E-state index >= 15 is 0 Å². The molecule has 0 nitrogen and oxygen atoms in total. The second kappa shape index (κ2) is 7.24. The summed E-state index contributed by atoms with van der Waals surface area (Å²) in [5, 5.41) is 2.62. The molecule has 0 atom stereocenters. The molecule has 138 valence electrons. The zero-order valence-corrected chi connectivity index (χ0v) is 17.5. The average Bonchev–Trinajstić information content (AvgIpc) is 2.59. The van der Waals surface area contributed by atoms with Gasteiger partial charge in [0.05, 0.1) is 0 Å². The van der Waals surface area contributed by atoms with Crippen molar-refractivity contribution in [3.8, 4) is 11.8 Å². The van der Waals surface area contributed by atoms with Crippen molar-refractivity contribution in [3.05, 3.63) is 82.9 Å². The molecule has 3 aromatic rings. The maximum absolute atomic E-state index is 3.42. The second-order valence-corrected chi connectivity index (χ2v) is 9.44. The van der Waals surface area contributed by atoms with Crippen LogP contribution in [0, 0.1) is 17.3 Å². The van der Waals surface area contributed by atoms with Gasteiger partial charge in [-0.1, -0.05) is 87.2 Å². The van der Waals surface area contributed by atoms with Crippen molar-refractivity contribution in [1.29, 1.82) is 0 Å². The Morgan fingerprint density at radius 2 is 1.30 bits per heavy atom. The van der Waals surface area contributed by atoms with Gasteiger partial charge in [-0.05, 0) is 66.1 Å². The van der Waals surface area contributed by atoms with E-state index < -0.39 is 0 Å². The van der Waals surface area contributed by atoms with E-state index in [4.69, 9.17) is 0 Å². The quantitative estimate of drug-likeness (QED) is 0.430. The second-order valence-electron chi connectivity index (χ2n) is 9.44. The summed E-state index contributed by atoms with van der Waals surface area (Å²) in [6.07, 6.45) is 0.909. The molecule has 3 rings (SSSR count). The fraction of sp³-hybridized carbons (Fsp3) is 0.333. The van der Waals surface area contributed by atoms with Crippen LogP contribution in [0.4, 0.5) is 0 Å². The number of benzene rings is 3. The minimum absolute atomic E-state index is 0.00658. The maximum Gasteiger partial charge on any atom is 0.0280 e. The van der Waals surface area contributed by atoms with Gasteiger partial charge in [0.25, 0.3) is 0 Å². The van der Waals surface area contributed by atoms with E-state index in [-0.39, 0.29) is 10.8 Å². The highest BCUT2D eigenvalue weighted by Gasteiger charge is 2.19. The largest absolute Gasteiger partial charge is 0.0919 e. The molecule has 0 radical (unpaired) electrons. The normalized spacial score (nSPS) is 11.9. The third kappa shape index (κ3) is 4.81. The zero-order chi connectivity index (χ0) is 19.7. The molecule has 0 aliphatic carbocycles. The number of hydrogen-bond acceptors (Lipinski definition) is 0. The molecule has 0 fully saturated rings. The first-order valence-corrected chi connectivity index (χ1v) is 9.77. The van der Waals surface area contributed by atoms with E-state index in [2.05, 4.69) is 114 Å². The van der Waals surface area contributed by atoms with Crippen LogP contribution in [0.1, 0.15) is 63.8 Å². The molecule has 0 heterocycles. The number of fused-ring (bicyclic) bond motifs is 1. The molecular formula is C27H30. The van der Waals surface area contributed by atoms with Crippen molar-refractivity contribution in [3.63, 3.8) is 0 Å². The zero-order valence-electron chi connectivity index (χ0n) is 17.5. The molecule has 0 saturated carbocycles. The van der Waals surface area contributed by atoms with Gasteiger partial charge in [0, 0.05) is 11.0 Å². The van der Waals surface area contributed by atoms with Gasteiger partial charge < -0.3 is 0 Å². The third-order valence-corrected chi connectivity index (χ3v) is 4.75. The standard InChI is InChI=1S/C27H30/c1-26(2,3)16-15-20-11-7-8-12-21(20)17-24-18-22-13-9-10-14-23(22)19-25(24)27(4,5)6/h7-14,18-19H,17H2,1-6H3. The molecule has 27 heavy (non-hydrogen) atoms. The van der Waals surface area contributed by atoms with Crippen LogP contribution in [0.25, 0.3) is 10.8 Å². The van der Waals surface area contributed by atoms with Gasteiger partial charge in [-0.15, -0.1) is 0 Å². The fourth-order valence-corrected chi connectivity index (χ4v) is 3.39. The summed E-state index contributed by atoms with van der Waals surface area (Å²) in [6, 6.07) is 21.9. The van der Waals surface area contributed by atoms with Crippen molar-refractivity contribution >= 4 is 10.8 Å². The van der Waals surface area contributed by atoms with Crippen molar-refractivity contribution in [2.45, 2.75) is 53.4 Å². The van der Waals surface area contributed by atoms with Crippen LogP contribution in [-0.2, 0) is 11.8 Å². The third-order valence-electron chi connectivity index (χ3n) is 4.75. The molecule has 0 N–H and O–H groups in total. The molecule has 0 bridgehead atoms. The van der Waals surface area contributed by atoms with Crippen LogP contribution >= 0.6 is 0 Å². The lowest BCUT2D eigenvalue weighted by Crippen LogP contribution is -2.14. The predicted octanol–water partition coefficient (Wildman–Crippen LogP) is 7.13. The molecular weight excluding hydrogens is 324 g/mol. The SMILES string of the molecule is CC(C)(C)C#Cc1ccccc1Cc1cc2ccccc2cc1C(C)(C)C. The van der Waals surface area contributed by atoms with Crippen molar-refractivity contribution < 1.29 is 0 Å². The molecule has 0 aliphatic heterocycles. The lowest BCUT2D eigenvalue weighted by atomic mass is 9.80. The van der Waals surface area contributed by atoms with Gasteiger partial charge in [-0.2, -0.15) is 0 Å². The van der Waals surface area contributed by atoms with Crippen LogP contribution < -0.4 is 0 Å². The summed E-state index contributed by atoms with van der Waals surface area (Å²) in [6.45, 7) is 13.4. The Morgan fingerprint density at radius 3 is 1.93 bits per heavy atom. The van der Waals surface area contributed by atoms with E-state index in [1.807, 2.05) is 0 Å². The van der Waals surface area contributed by atoms with E-state index in [1.165, 1.54) is 27.5 Å². The van der Waals surface area contributed by atoms with Gasteiger partial charge in [0.1, 0.15) is 0 Å². The minimum atomic E-state index is 0.00658. The summed E-state index contributed by atoms with van der Waals surface area (Å²) in [5.41, 5.74) is 5.36. The number of hydrogen-bond donors (Lipinski definition) is 0. The lowest BCUT2D eigenvalue weighted by molar-refractivity contribution is 0.571. The predicted molar refractivity (Wildman–Crippen MR) is 118 cm³/mol. The molecule has 0 saturated heterocycles.